The first-order valence-corrected chi connectivity index (χ1v) is 10.3. The molecule has 1 rings (SSSR count). The molecule has 0 bridgehead atoms. The summed E-state index contributed by atoms with van der Waals surface area (Å²) in [6.07, 6.45) is 14.4. The highest BCUT2D eigenvalue weighted by molar-refractivity contribution is 7.85. The maximum atomic E-state index is 10.4. The molecule has 23 heavy (non-hydrogen) atoms. The van der Waals surface area contributed by atoms with Gasteiger partial charge in [-0.15, -0.1) is 0 Å². The zero-order chi connectivity index (χ0) is 17.6. The van der Waals surface area contributed by atoms with E-state index in [0.717, 1.165) is 5.56 Å². The molecule has 0 atom stereocenters. The van der Waals surface area contributed by atoms with Crippen molar-refractivity contribution in [3.05, 3.63) is 29.8 Å². The number of rotatable bonds is 10. The predicted molar refractivity (Wildman–Crippen MR) is 96.7 cm³/mol. The average Bonchev–Trinajstić information content (AvgIpc) is 2.50. The van der Waals surface area contributed by atoms with E-state index in [1.165, 1.54) is 76.3 Å². The predicted octanol–water partition coefficient (Wildman–Crippen LogP) is 5.83. The van der Waals surface area contributed by atoms with Crippen molar-refractivity contribution < 1.29 is 13.0 Å². The lowest BCUT2D eigenvalue weighted by Crippen LogP contribution is -1.97. The van der Waals surface area contributed by atoms with Crippen LogP contribution in [0.5, 0.6) is 0 Å². The summed E-state index contributed by atoms with van der Waals surface area (Å²) in [6, 6.07) is 5.78. The summed E-state index contributed by atoms with van der Waals surface area (Å²) in [5.74, 6) is 0. The van der Waals surface area contributed by atoms with Crippen molar-refractivity contribution >= 4 is 10.1 Å². The van der Waals surface area contributed by atoms with Crippen LogP contribution in [0.25, 0.3) is 0 Å². The van der Waals surface area contributed by atoms with E-state index in [-0.39, 0.29) is 4.90 Å². The Kier molecular flexibility index (Phi) is 13.0. The van der Waals surface area contributed by atoms with Crippen LogP contribution in [0.4, 0.5) is 0 Å². The van der Waals surface area contributed by atoms with E-state index in [9.17, 15) is 13.0 Å². The Labute approximate surface area is 143 Å². The SMILES string of the molecule is CCCCCCCCCCCC.Cc1ccc(S(=O)(=O)[O-])cc1. The average molecular weight is 342 g/mol. The van der Waals surface area contributed by atoms with Gasteiger partial charge in [-0.2, -0.15) is 0 Å². The fourth-order valence-electron chi connectivity index (χ4n) is 2.27. The van der Waals surface area contributed by atoms with E-state index in [4.69, 9.17) is 0 Å². The second-order valence-electron chi connectivity index (χ2n) is 6.10. The van der Waals surface area contributed by atoms with Crippen LogP contribution in [-0.4, -0.2) is 13.0 Å². The summed E-state index contributed by atoms with van der Waals surface area (Å²) in [4.78, 5) is -0.178. The fourth-order valence-corrected chi connectivity index (χ4v) is 2.74. The van der Waals surface area contributed by atoms with Crippen LogP contribution in [0.3, 0.4) is 0 Å². The summed E-state index contributed by atoms with van der Waals surface area (Å²) in [7, 11) is -4.27. The van der Waals surface area contributed by atoms with Crippen molar-refractivity contribution in [1.29, 1.82) is 0 Å². The Morgan fingerprint density at radius 1 is 0.739 bits per heavy atom. The first kappa shape index (κ1) is 22.1. The van der Waals surface area contributed by atoms with Gasteiger partial charge in [0, 0.05) is 0 Å². The van der Waals surface area contributed by atoms with Crippen molar-refractivity contribution in [3.8, 4) is 0 Å². The minimum Gasteiger partial charge on any atom is -0.744 e. The van der Waals surface area contributed by atoms with E-state index in [1.807, 2.05) is 6.92 Å². The maximum absolute atomic E-state index is 10.4. The number of hydrogen-bond donors (Lipinski definition) is 0. The highest BCUT2D eigenvalue weighted by Crippen LogP contribution is 2.10. The Bertz CT molecular complexity index is 468. The fraction of sp³-hybridized carbons (Fsp3) is 0.684. The minimum absolute atomic E-state index is 0.178. The van der Waals surface area contributed by atoms with Gasteiger partial charge in [-0.3, -0.25) is 0 Å². The van der Waals surface area contributed by atoms with Crippen LogP contribution in [0.1, 0.15) is 83.6 Å². The minimum atomic E-state index is -4.27. The quantitative estimate of drug-likeness (QED) is 0.397. The Hall–Kier alpha value is -0.870. The summed E-state index contributed by atoms with van der Waals surface area (Å²) < 4.78 is 31.2. The molecule has 0 fully saturated rings. The number of benzene rings is 1. The second-order valence-corrected chi connectivity index (χ2v) is 7.48. The first-order valence-electron chi connectivity index (χ1n) is 8.94. The molecular weight excluding hydrogens is 308 g/mol. The van der Waals surface area contributed by atoms with Gasteiger partial charge in [0.1, 0.15) is 10.1 Å². The monoisotopic (exact) mass is 341 g/mol. The Morgan fingerprint density at radius 3 is 1.39 bits per heavy atom. The van der Waals surface area contributed by atoms with E-state index in [0.29, 0.717) is 0 Å². The molecule has 0 saturated carbocycles. The Morgan fingerprint density at radius 2 is 1.09 bits per heavy atom. The van der Waals surface area contributed by atoms with Gasteiger partial charge in [-0.1, -0.05) is 95.8 Å². The van der Waals surface area contributed by atoms with E-state index < -0.39 is 10.1 Å². The number of unbranched alkanes of at least 4 members (excludes halogenated alkanes) is 9. The topological polar surface area (TPSA) is 57.2 Å². The van der Waals surface area contributed by atoms with Crippen molar-refractivity contribution in [2.45, 2.75) is 89.9 Å². The summed E-state index contributed by atoms with van der Waals surface area (Å²) >= 11 is 0. The third-order valence-electron chi connectivity index (χ3n) is 3.77. The largest absolute Gasteiger partial charge is 0.744 e. The molecule has 0 saturated heterocycles. The highest BCUT2D eigenvalue weighted by atomic mass is 32.2. The van der Waals surface area contributed by atoms with Gasteiger partial charge in [0.05, 0.1) is 4.90 Å². The van der Waals surface area contributed by atoms with Gasteiger partial charge in [0.15, 0.2) is 0 Å². The molecule has 0 aliphatic carbocycles. The van der Waals surface area contributed by atoms with Crippen LogP contribution < -0.4 is 0 Å². The molecule has 0 heterocycles. The molecule has 0 aliphatic rings. The molecule has 0 radical (unpaired) electrons. The van der Waals surface area contributed by atoms with Gasteiger partial charge in [-0.05, 0) is 19.1 Å². The smallest absolute Gasteiger partial charge is 0.124 e. The van der Waals surface area contributed by atoms with Crippen LogP contribution >= 0.6 is 0 Å². The molecule has 0 spiro atoms. The zero-order valence-corrected chi connectivity index (χ0v) is 15.8. The summed E-state index contributed by atoms with van der Waals surface area (Å²) in [5, 5.41) is 0. The molecule has 0 amide bonds. The molecule has 0 aromatic heterocycles. The lowest BCUT2D eigenvalue weighted by molar-refractivity contribution is 0.463. The van der Waals surface area contributed by atoms with Gasteiger partial charge in [0.25, 0.3) is 0 Å². The van der Waals surface area contributed by atoms with E-state index in [2.05, 4.69) is 13.8 Å². The van der Waals surface area contributed by atoms with E-state index in [1.54, 1.807) is 12.1 Å². The maximum Gasteiger partial charge on any atom is 0.124 e. The van der Waals surface area contributed by atoms with Crippen molar-refractivity contribution in [1.82, 2.24) is 0 Å². The lowest BCUT2D eigenvalue weighted by Gasteiger charge is -2.05. The summed E-state index contributed by atoms with van der Waals surface area (Å²) in [5.41, 5.74) is 0.928. The van der Waals surface area contributed by atoms with Crippen LogP contribution in [0.15, 0.2) is 29.2 Å². The van der Waals surface area contributed by atoms with Gasteiger partial charge in [0.2, 0.25) is 0 Å². The number of aryl methyl sites for hydroxylation is 1. The first-order chi connectivity index (χ1) is 10.9. The van der Waals surface area contributed by atoms with Crippen LogP contribution in [-0.2, 0) is 10.1 Å². The van der Waals surface area contributed by atoms with Crippen LogP contribution in [0, 0.1) is 6.92 Å². The van der Waals surface area contributed by atoms with E-state index >= 15 is 0 Å². The molecule has 134 valence electrons. The molecule has 0 unspecified atom stereocenters. The van der Waals surface area contributed by atoms with Crippen molar-refractivity contribution in [2.24, 2.45) is 0 Å². The molecule has 1 aromatic rings. The molecule has 0 aliphatic heterocycles. The molecule has 4 heteroatoms. The second kappa shape index (κ2) is 13.6. The molecule has 3 nitrogen and oxygen atoms in total. The van der Waals surface area contributed by atoms with Crippen LogP contribution in [0.2, 0.25) is 0 Å². The van der Waals surface area contributed by atoms with Gasteiger partial charge >= 0.3 is 0 Å². The zero-order valence-electron chi connectivity index (χ0n) is 15.0. The highest BCUT2D eigenvalue weighted by Gasteiger charge is 1.97. The standard InChI is InChI=1S/C12H26.C7H8O3S/c1-3-5-7-9-11-12-10-8-6-4-2;1-6-2-4-7(5-3-6)11(8,9)10/h3-12H2,1-2H3;2-5H,1H3,(H,8,9,10)/p-1. The summed E-state index contributed by atoms with van der Waals surface area (Å²) in [6.45, 7) is 6.38. The van der Waals surface area contributed by atoms with Gasteiger partial charge < -0.3 is 4.55 Å². The third kappa shape index (κ3) is 13.3. The molecule has 0 N–H and O–H groups in total. The normalized spacial score (nSPS) is 11.0. The lowest BCUT2D eigenvalue weighted by atomic mass is 10.1. The van der Waals surface area contributed by atoms with Gasteiger partial charge in [-0.25, -0.2) is 8.42 Å². The molecular formula is C19H33O3S-. The molecule has 1 aromatic carbocycles. The Balaban J connectivity index is 0.000000422. The third-order valence-corrected chi connectivity index (χ3v) is 4.62. The number of hydrogen-bond acceptors (Lipinski definition) is 3. The van der Waals surface area contributed by atoms with Crippen molar-refractivity contribution in [3.63, 3.8) is 0 Å². The van der Waals surface area contributed by atoms with Crippen molar-refractivity contribution in [2.75, 3.05) is 0 Å².